The highest BCUT2D eigenvalue weighted by Crippen LogP contribution is 2.09. The van der Waals surface area contributed by atoms with E-state index >= 15 is 0 Å². The van der Waals surface area contributed by atoms with Crippen molar-refractivity contribution in [1.82, 2.24) is 25.1 Å². The van der Waals surface area contributed by atoms with E-state index in [-0.39, 0.29) is 4.90 Å². The predicted octanol–water partition coefficient (Wildman–Crippen LogP) is 0.547. The first-order valence-corrected chi connectivity index (χ1v) is 9.48. The fraction of sp³-hybridized carbons (Fsp3) is 0.375. The van der Waals surface area contributed by atoms with Gasteiger partial charge in [0.05, 0.1) is 4.90 Å². The Morgan fingerprint density at radius 1 is 1.24 bits per heavy atom. The van der Waals surface area contributed by atoms with Gasteiger partial charge in [0.25, 0.3) is 0 Å². The second-order valence-electron chi connectivity index (χ2n) is 5.33. The fourth-order valence-corrected chi connectivity index (χ4v) is 2.92. The summed E-state index contributed by atoms with van der Waals surface area (Å²) in [5.41, 5.74) is 0.967. The van der Waals surface area contributed by atoms with Crippen LogP contribution in [0, 0.1) is 0 Å². The van der Waals surface area contributed by atoms with Crippen LogP contribution < -0.4 is 15.4 Å². The molecule has 1 aromatic heterocycles. The molecule has 0 saturated carbocycles. The molecular formula is C16H24N6O2S. The summed E-state index contributed by atoms with van der Waals surface area (Å²) in [6.07, 6.45) is 4.63. The van der Waals surface area contributed by atoms with Crippen LogP contribution in [-0.4, -0.2) is 44.8 Å². The molecule has 0 fully saturated rings. The van der Waals surface area contributed by atoms with Crippen LogP contribution in [-0.2, 0) is 23.1 Å². The summed E-state index contributed by atoms with van der Waals surface area (Å²) in [5, 5.41) is 10.6. The van der Waals surface area contributed by atoms with Gasteiger partial charge in [-0.15, -0.1) is 0 Å². The van der Waals surface area contributed by atoms with E-state index < -0.39 is 10.0 Å². The van der Waals surface area contributed by atoms with E-state index in [2.05, 4.69) is 25.4 Å². The average Bonchev–Trinajstić information content (AvgIpc) is 3.15. The van der Waals surface area contributed by atoms with E-state index in [1.807, 2.05) is 16.9 Å². The monoisotopic (exact) mass is 364 g/mol. The number of nitrogens with zero attached hydrogens (tertiary/aromatic N) is 3. The quantitative estimate of drug-likeness (QED) is 0.361. The topological polar surface area (TPSA) is 100 Å². The number of hydrogen-bond acceptors (Lipinski definition) is 4. The van der Waals surface area contributed by atoms with Crippen LogP contribution in [0.1, 0.15) is 12.0 Å². The van der Waals surface area contributed by atoms with E-state index in [0.717, 1.165) is 25.1 Å². The van der Waals surface area contributed by atoms with Crippen molar-refractivity contribution in [3.05, 3.63) is 48.3 Å². The number of nitrogens with one attached hydrogen (secondary N) is 3. The number of rotatable bonds is 8. The van der Waals surface area contributed by atoms with Crippen LogP contribution in [0.4, 0.5) is 0 Å². The van der Waals surface area contributed by atoms with E-state index in [1.165, 1.54) is 7.05 Å². The predicted molar refractivity (Wildman–Crippen MR) is 97.7 cm³/mol. The zero-order valence-electron chi connectivity index (χ0n) is 14.4. The Morgan fingerprint density at radius 3 is 2.60 bits per heavy atom. The lowest BCUT2D eigenvalue weighted by molar-refractivity contribution is 0.570. The first-order valence-electron chi connectivity index (χ1n) is 7.99. The molecule has 2 aromatic rings. The van der Waals surface area contributed by atoms with E-state index in [4.69, 9.17) is 0 Å². The molecule has 3 N–H and O–H groups in total. The lowest BCUT2D eigenvalue weighted by atomic mass is 10.2. The van der Waals surface area contributed by atoms with Crippen LogP contribution in [0.3, 0.4) is 0 Å². The number of guanidine groups is 1. The largest absolute Gasteiger partial charge is 0.356 e. The van der Waals surface area contributed by atoms with Gasteiger partial charge in [-0.25, -0.2) is 13.1 Å². The number of aryl methyl sites for hydroxylation is 1. The molecule has 0 bridgehead atoms. The van der Waals surface area contributed by atoms with Crippen LogP contribution in [0.5, 0.6) is 0 Å². The maximum absolute atomic E-state index is 11.7. The molecule has 0 saturated heterocycles. The molecule has 25 heavy (non-hydrogen) atoms. The molecule has 0 atom stereocenters. The Labute approximate surface area is 148 Å². The molecule has 0 radical (unpaired) electrons. The number of aromatic nitrogens is 2. The zero-order chi connectivity index (χ0) is 18.1. The van der Waals surface area contributed by atoms with Gasteiger partial charge in [-0.2, -0.15) is 5.10 Å². The van der Waals surface area contributed by atoms with Crippen molar-refractivity contribution >= 4 is 16.0 Å². The summed E-state index contributed by atoms with van der Waals surface area (Å²) >= 11 is 0. The van der Waals surface area contributed by atoms with Gasteiger partial charge in [0.1, 0.15) is 0 Å². The molecule has 0 amide bonds. The van der Waals surface area contributed by atoms with Gasteiger partial charge in [-0.1, -0.05) is 12.1 Å². The lowest BCUT2D eigenvalue weighted by Gasteiger charge is -2.12. The summed E-state index contributed by atoms with van der Waals surface area (Å²) in [4.78, 5) is 4.42. The molecule has 0 aliphatic rings. The second kappa shape index (κ2) is 9.19. The summed E-state index contributed by atoms with van der Waals surface area (Å²) in [6, 6.07) is 8.64. The van der Waals surface area contributed by atoms with Crippen LogP contribution in [0.25, 0.3) is 0 Å². The zero-order valence-corrected chi connectivity index (χ0v) is 15.3. The van der Waals surface area contributed by atoms with Crippen molar-refractivity contribution in [2.75, 3.05) is 20.6 Å². The second-order valence-corrected chi connectivity index (χ2v) is 7.21. The maximum Gasteiger partial charge on any atom is 0.240 e. The minimum absolute atomic E-state index is 0.250. The molecule has 1 aromatic carbocycles. The summed E-state index contributed by atoms with van der Waals surface area (Å²) in [5.74, 6) is 0.701. The maximum atomic E-state index is 11.7. The van der Waals surface area contributed by atoms with Crippen molar-refractivity contribution < 1.29 is 8.42 Å². The number of hydrogen-bond donors (Lipinski definition) is 3. The Kier molecular flexibility index (Phi) is 6.96. The van der Waals surface area contributed by atoms with Crippen molar-refractivity contribution in [2.45, 2.75) is 24.4 Å². The lowest BCUT2D eigenvalue weighted by Crippen LogP contribution is -2.37. The molecule has 2 rings (SSSR count). The molecule has 1 heterocycles. The SMILES string of the molecule is CN=C(NCCCn1cccn1)NCc1ccc(S(=O)(=O)NC)cc1. The Morgan fingerprint density at radius 2 is 2.00 bits per heavy atom. The number of benzene rings is 1. The van der Waals surface area contributed by atoms with E-state index in [9.17, 15) is 8.42 Å². The van der Waals surface area contributed by atoms with Gasteiger partial charge in [0.15, 0.2) is 5.96 Å². The van der Waals surface area contributed by atoms with Gasteiger partial charge in [0.2, 0.25) is 10.0 Å². The third-order valence-corrected chi connectivity index (χ3v) is 5.03. The van der Waals surface area contributed by atoms with E-state index in [1.54, 1.807) is 37.5 Å². The minimum Gasteiger partial charge on any atom is -0.356 e. The molecule has 136 valence electrons. The first-order chi connectivity index (χ1) is 12.0. The summed E-state index contributed by atoms with van der Waals surface area (Å²) in [7, 11) is -0.289. The highest BCUT2D eigenvalue weighted by Gasteiger charge is 2.10. The van der Waals surface area contributed by atoms with Gasteiger partial charge < -0.3 is 10.6 Å². The Hall–Kier alpha value is -2.39. The van der Waals surface area contributed by atoms with Gasteiger partial charge in [-0.3, -0.25) is 9.67 Å². The number of aliphatic imine (C=N–C) groups is 1. The van der Waals surface area contributed by atoms with Crippen molar-refractivity contribution in [3.8, 4) is 0 Å². The molecule has 8 nitrogen and oxygen atoms in total. The highest BCUT2D eigenvalue weighted by molar-refractivity contribution is 7.89. The van der Waals surface area contributed by atoms with Crippen LogP contribution >= 0.6 is 0 Å². The third-order valence-electron chi connectivity index (χ3n) is 3.60. The molecule has 0 spiro atoms. The van der Waals surface area contributed by atoms with Gasteiger partial charge >= 0.3 is 0 Å². The van der Waals surface area contributed by atoms with Crippen LogP contribution in [0.15, 0.2) is 52.6 Å². The Bertz CT molecular complexity index is 769. The summed E-state index contributed by atoms with van der Waals surface area (Å²) in [6.45, 7) is 2.18. The van der Waals surface area contributed by atoms with Crippen molar-refractivity contribution in [1.29, 1.82) is 0 Å². The van der Waals surface area contributed by atoms with Gasteiger partial charge in [0, 0.05) is 39.1 Å². The number of sulfonamides is 1. The molecule has 9 heteroatoms. The molecule has 0 aliphatic heterocycles. The van der Waals surface area contributed by atoms with Gasteiger partial charge in [-0.05, 0) is 37.2 Å². The third kappa shape index (κ3) is 5.87. The fourth-order valence-electron chi connectivity index (χ4n) is 2.19. The van der Waals surface area contributed by atoms with E-state index in [0.29, 0.717) is 12.5 Å². The summed E-state index contributed by atoms with van der Waals surface area (Å²) < 4.78 is 27.6. The smallest absolute Gasteiger partial charge is 0.240 e. The Balaban J connectivity index is 1.76. The highest BCUT2D eigenvalue weighted by atomic mass is 32.2. The minimum atomic E-state index is -3.40. The van der Waals surface area contributed by atoms with Crippen molar-refractivity contribution in [3.63, 3.8) is 0 Å². The normalized spacial score (nSPS) is 12.2. The van der Waals surface area contributed by atoms with Crippen LogP contribution in [0.2, 0.25) is 0 Å². The molecule has 0 unspecified atom stereocenters. The first kappa shape index (κ1) is 18.9. The standard InChI is InChI=1S/C16H24N6O2S/c1-17-16(19-9-3-11-22-12-4-10-21-22)20-13-14-5-7-15(8-6-14)25(23,24)18-2/h4-8,10,12,18H,3,9,11,13H2,1-2H3,(H2,17,19,20). The average molecular weight is 364 g/mol. The molecular weight excluding hydrogens is 340 g/mol. The molecule has 0 aliphatic carbocycles. The van der Waals surface area contributed by atoms with Crippen molar-refractivity contribution in [2.24, 2.45) is 4.99 Å².